The van der Waals surface area contributed by atoms with E-state index in [4.69, 9.17) is 4.99 Å². The van der Waals surface area contributed by atoms with Gasteiger partial charge in [0.25, 0.3) is 0 Å². The van der Waals surface area contributed by atoms with Crippen LogP contribution in [-0.4, -0.2) is 84.6 Å². The predicted octanol–water partition coefficient (Wildman–Crippen LogP) is 1.91. The van der Waals surface area contributed by atoms with E-state index in [0.717, 1.165) is 57.7 Å². The Morgan fingerprint density at radius 3 is 2.46 bits per heavy atom. The lowest BCUT2D eigenvalue weighted by atomic mass is 10.2. The van der Waals surface area contributed by atoms with Gasteiger partial charge in [0.15, 0.2) is 5.96 Å². The van der Waals surface area contributed by atoms with E-state index in [9.17, 15) is 0 Å². The summed E-state index contributed by atoms with van der Waals surface area (Å²) in [6.07, 6.45) is 4.77. The Bertz CT molecular complexity index is 518. The molecule has 1 unspecified atom stereocenters. The van der Waals surface area contributed by atoms with Crippen LogP contribution in [0.1, 0.15) is 27.2 Å². The molecule has 1 aromatic heterocycles. The number of nitrogens with one attached hydrogen (secondary N) is 1. The second-order valence-electron chi connectivity index (χ2n) is 6.50. The minimum atomic E-state index is 0. The number of halogens is 1. The molecule has 1 aromatic rings. The van der Waals surface area contributed by atoms with Gasteiger partial charge in [-0.05, 0) is 33.4 Å². The van der Waals surface area contributed by atoms with E-state index in [1.165, 1.54) is 6.42 Å². The van der Waals surface area contributed by atoms with Crippen molar-refractivity contribution < 1.29 is 0 Å². The van der Waals surface area contributed by atoms with Crippen molar-refractivity contribution in [2.45, 2.75) is 33.2 Å². The first-order chi connectivity index (χ1) is 12.2. The van der Waals surface area contributed by atoms with Gasteiger partial charge in [-0.3, -0.25) is 4.99 Å². The molecule has 0 aliphatic carbocycles. The molecule has 1 aliphatic rings. The molecule has 0 radical (unpaired) electrons. The number of likely N-dealkylation sites (N-methyl/N-ethyl adjacent to an activating group) is 1. The van der Waals surface area contributed by atoms with E-state index >= 15 is 0 Å². The lowest BCUT2D eigenvalue weighted by Gasteiger charge is -2.36. The van der Waals surface area contributed by atoms with Gasteiger partial charge in [0.1, 0.15) is 0 Å². The normalized spacial score (nSPS) is 16.4. The van der Waals surface area contributed by atoms with Crippen molar-refractivity contribution in [2.24, 2.45) is 4.99 Å². The van der Waals surface area contributed by atoms with Crippen LogP contribution in [0.15, 0.2) is 23.5 Å². The molecule has 0 bridgehead atoms. The standard InChI is InChI=1S/C18H33N7.HI/c1-5-16(3)23(4)11-10-22-17(19-6-2)24-12-14-25(15-13-24)18-20-8-7-9-21-18;/h7-9,16H,5-6,10-15H2,1-4H3,(H,19,22);1H. The first-order valence-electron chi connectivity index (χ1n) is 9.41. The number of rotatable bonds is 7. The monoisotopic (exact) mass is 475 g/mol. The zero-order valence-corrected chi connectivity index (χ0v) is 18.9. The van der Waals surface area contributed by atoms with Crippen molar-refractivity contribution in [3.8, 4) is 0 Å². The van der Waals surface area contributed by atoms with Crippen molar-refractivity contribution in [1.29, 1.82) is 0 Å². The molecule has 7 nitrogen and oxygen atoms in total. The van der Waals surface area contributed by atoms with E-state index in [2.05, 4.69) is 57.8 Å². The van der Waals surface area contributed by atoms with E-state index in [1.54, 1.807) is 12.4 Å². The first-order valence-corrected chi connectivity index (χ1v) is 9.41. The number of aromatic nitrogens is 2. The molecule has 0 amide bonds. The molecule has 2 rings (SSSR count). The number of guanidine groups is 1. The topological polar surface area (TPSA) is 59.9 Å². The van der Waals surface area contributed by atoms with Crippen molar-refractivity contribution in [1.82, 2.24) is 25.1 Å². The third kappa shape index (κ3) is 6.86. The number of hydrogen-bond donors (Lipinski definition) is 1. The number of piperazine rings is 1. The van der Waals surface area contributed by atoms with Crippen molar-refractivity contribution in [3.63, 3.8) is 0 Å². The van der Waals surface area contributed by atoms with Crippen LogP contribution >= 0.6 is 24.0 Å². The number of hydrogen-bond acceptors (Lipinski definition) is 5. The summed E-state index contributed by atoms with van der Waals surface area (Å²) in [5.74, 6) is 1.84. The molecule has 0 aromatic carbocycles. The maximum atomic E-state index is 4.83. The highest BCUT2D eigenvalue weighted by molar-refractivity contribution is 14.0. The molecule has 2 heterocycles. The minimum Gasteiger partial charge on any atom is -0.357 e. The molecular weight excluding hydrogens is 441 g/mol. The maximum absolute atomic E-state index is 4.83. The lowest BCUT2D eigenvalue weighted by Crippen LogP contribution is -2.53. The van der Waals surface area contributed by atoms with Crippen LogP contribution < -0.4 is 10.2 Å². The average molecular weight is 475 g/mol. The molecule has 0 saturated carbocycles. The molecule has 0 spiro atoms. The molecule has 1 saturated heterocycles. The summed E-state index contributed by atoms with van der Waals surface area (Å²) in [4.78, 5) is 20.5. The third-order valence-corrected chi connectivity index (χ3v) is 4.81. The molecule has 8 heteroatoms. The highest BCUT2D eigenvalue weighted by atomic mass is 127. The van der Waals surface area contributed by atoms with Gasteiger partial charge in [0.2, 0.25) is 5.95 Å². The molecule has 1 atom stereocenters. The zero-order chi connectivity index (χ0) is 18.1. The molecule has 1 N–H and O–H groups in total. The second-order valence-corrected chi connectivity index (χ2v) is 6.50. The molecule has 1 fully saturated rings. The number of anilines is 1. The van der Waals surface area contributed by atoms with Crippen LogP contribution in [0.2, 0.25) is 0 Å². The van der Waals surface area contributed by atoms with Crippen LogP contribution in [0.3, 0.4) is 0 Å². The Labute approximate surface area is 175 Å². The van der Waals surface area contributed by atoms with Crippen LogP contribution in [0.4, 0.5) is 5.95 Å². The fraction of sp³-hybridized carbons (Fsp3) is 0.722. The summed E-state index contributed by atoms with van der Waals surface area (Å²) in [7, 11) is 2.18. The summed E-state index contributed by atoms with van der Waals surface area (Å²) < 4.78 is 0. The largest absolute Gasteiger partial charge is 0.357 e. The quantitative estimate of drug-likeness (QED) is 0.370. The van der Waals surface area contributed by atoms with Gasteiger partial charge in [-0.15, -0.1) is 24.0 Å². The van der Waals surface area contributed by atoms with Gasteiger partial charge in [-0.1, -0.05) is 6.92 Å². The Hall–Kier alpha value is -1.16. The van der Waals surface area contributed by atoms with Crippen LogP contribution in [-0.2, 0) is 0 Å². The third-order valence-electron chi connectivity index (χ3n) is 4.81. The van der Waals surface area contributed by atoms with Gasteiger partial charge < -0.3 is 20.0 Å². The molecule has 148 valence electrons. The van der Waals surface area contributed by atoms with Gasteiger partial charge >= 0.3 is 0 Å². The smallest absolute Gasteiger partial charge is 0.225 e. The predicted molar refractivity (Wildman–Crippen MR) is 120 cm³/mol. The highest BCUT2D eigenvalue weighted by Crippen LogP contribution is 2.10. The Morgan fingerprint density at radius 1 is 1.23 bits per heavy atom. The van der Waals surface area contributed by atoms with Gasteiger partial charge in [-0.2, -0.15) is 0 Å². The van der Waals surface area contributed by atoms with E-state index < -0.39 is 0 Å². The van der Waals surface area contributed by atoms with Crippen molar-refractivity contribution in [2.75, 3.05) is 57.8 Å². The molecule has 1 aliphatic heterocycles. The van der Waals surface area contributed by atoms with Crippen molar-refractivity contribution in [3.05, 3.63) is 18.5 Å². The first kappa shape index (κ1) is 22.9. The Kier molecular flexibility index (Phi) is 10.8. The van der Waals surface area contributed by atoms with Crippen LogP contribution in [0.25, 0.3) is 0 Å². The molecular formula is C18H34IN7. The van der Waals surface area contributed by atoms with Crippen LogP contribution in [0, 0.1) is 0 Å². The summed E-state index contributed by atoms with van der Waals surface area (Å²) in [6, 6.07) is 2.46. The Balaban J connectivity index is 0.00000338. The van der Waals surface area contributed by atoms with E-state index in [1.807, 2.05) is 6.07 Å². The number of aliphatic imine (C=N–C) groups is 1. The minimum absolute atomic E-state index is 0. The maximum Gasteiger partial charge on any atom is 0.225 e. The summed E-state index contributed by atoms with van der Waals surface area (Å²) in [5, 5.41) is 3.43. The lowest BCUT2D eigenvalue weighted by molar-refractivity contribution is 0.258. The Morgan fingerprint density at radius 2 is 1.88 bits per heavy atom. The summed E-state index contributed by atoms with van der Waals surface area (Å²) in [6.45, 7) is 13.0. The average Bonchev–Trinajstić information content (AvgIpc) is 2.67. The van der Waals surface area contributed by atoms with E-state index in [0.29, 0.717) is 6.04 Å². The zero-order valence-electron chi connectivity index (χ0n) is 16.6. The van der Waals surface area contributed by atoms with Gasteiger partial charge in [0, 0.05) is 57.7 Å². The SMILES string of the molecule is CCNC(=NCCN(C)C(C)CC)N1CCN(c2ncccn2)CC1.I. The second kappa shape index (κ2) is 12.3. The molecule has 26 heavy (non-hydrogen) atoms. The summed E-state index contributed by atoms with van der Waals surface area (Å²) in [5.41, 5.74) is 0. The van der Waals surface area contributed by atoms with Gasteiger partial charge in [-0.25, -0.2) is 9.97 Å². The van der Waals surface area contributed by atoms with Gasteiger partial charge in [0.05, 0.1) is 6.54 Å². The van der Waals surface area contributed by atoms with Crippen LogP contribution in [0.5, 0.6) is 0 Å². The fourth-order valence-electron chi connectivity index (χ4n) is 2.84. The van der Waals surface area contributed by atoms with E-state index in [-0.39, 0.29) is 24.0 Å². The number of nitrogens with zero attached hydrogens (tertiary/aromatic N) is 6. The van der Waals surface area contributed by atoms with Crippen molar-refractivity contribution >= 4 is 35.9 Å². The fourth-order valence-corrected chi connectivity index (χ4v) is 2.84. The highest BCUT2D eigenvalue weighted by Gasteiger charge is 2.21. The summed E-state index contributed by atoms with van der Waals surface area (Å²) >= 11 is 0.